The minimum absolute atomic E-state index is 0.00138. The van der Waals surface area contributed by atoms with Gasteiger partial charge in [-0.05, 0) is 56.5 Å². The third kappa shape index (κ3) is 4.64. The van der Waals surface area contributed by atoms with E-state index in [0.717, 1.165) is 0 Å². The van der Waals surface area contributed by atoms with Crippen LogP contribution >= 0.6 is 0 Å². The number of phenols is 1. The average molecular weight is 385 g/mol. The highest BCUT2D eigenvalue weighted by molar-refractivity contribution is 5.87. The molecular weight excluding hydrogens is 362 g/mol. The number of carbonyl (C=O) groups is 1. The number of hydrogen-bond acceptors (Lipinski definition) is 7. The van der Waals surface area contributed by atoms with Crippen LogP contribution in [0.1, 0.15) is 36.1 Å². The third-order valence-corrected chi connectivity index (χ3v) is 4.47. The highest BCUT2D eigenvalue weighted by atomic mass is 16.6. The van der Waals surface area contributed by atoms with Crippen LogP contribution in [0.15, 0.2) is 29.4 Å². The van der Waals surface area contributed by atoms with Gasteiger partial charge in [-0.1, -0.05) is 0 Å². The smallest absolute Gasteiger partial charge is 0.308 e. The van der Waals surface area contributed by atoms with Crippen LogP contribution in [-0.4, -0.2) is 21.7 Å². The van der Waals surface area contributed by atoms with E-state index in [1.54, 1.807) is 39.8 Å². The summed E-state index contributed by atoms with van der Waals surface area (Å²) in [5.74, 6) is 0.164. The number of aromatic hydroxyl groups is 1. The summed E-state index contributed by atoms with van der Waals surface area (Å²) in [7, 11) is 0. The highest BCUT2D eigenvalue weighted by Crippen LogP contribution is 2.37. The van der Waals surface area contributed by atoms with Crippen LogP contribution in [0.4, 0.5) is 11.4 Å². The van der Waals surface area contributed by atoms with Crippen LogP contribution in [0.2, 0.25) is 0 Å². The van der Waals surface area contributed by atoms with E-state index in [4.69, 9.17) is 4.74 Å². The van der Waals surface area contributed by atoms with Crippen molar-refractivity contribution >= 4 is 23.1 Å². The van der Waals surface area contributed by atoms with Gasteiger partial charge in [0.1, 0.15) is 11.5 Å². The minimum atomic E-state index is -0.468. The molecule has 0 aliphatic carbocycles. The Morgan fingerprint density at radius 2 is 1.75 bits per heavy atom. The van der Waals surface area contributed by atoms with Crippen molar-refractivity contribution in [3.63, 3.8) is 0 Å². The van der Waals surface area contributed by atoms with Crippen molar-refractivity contribution in [3.8, 4) is 11.5 Å². The van der Waals surface area contributed by atoms with Gasteiger partial charge >= 0.3 is 5.97 Å². The van der Waals surface area contributed by atoms with Gasteiger partial charge in [-0.3, -0.25) is 20.3 Å². The Morgan fingerprint density at radius 3 is 2.29 bits per heavy atom. The second kappa shape index (κ2) is 8.51. The Hall–Kier alpha value is -3.42. The molecule has 2 aromatic carbocycles. The van der Waals surface area contributed by atoms with Crippen LogP contribution in [0.3, 0.4) is 0 Å². The first-order valence-electron chi connectivity index (χ1n) is 8.65. The number of nitrogens with one attached hydrogen (secondary N) is 1. The molecule has 8 heteroatoms. The summed E-state index contributed by atoms with van der Waals surface area (Å²) in [6, 6.07) is 5.90. The van der Waals surface area contributed by atoms with E-state index < -0.39 is 10.9 Å². The Morgan fingerprint density at radius 1 is 1.14 bits per heavy atom. The zero-order valence-corrected chi connectivity index (χ0v) is 16.5. The van der Waals surface area contributed by atoms with Gasteiger partial charge in [0.05, 0.1) is 10.6 Å². The van der Waals surface area contributed by atoms with Crippen molar-refractivity contribution in [2.75, 3.05) is 5.43 Å². The maximum absolute atomic E-state index is 11.5. The lowest BCUT2D eigenvalue weighted by atomic mass is 9.94. The number of nitro groups is 1. The molecule has 0 saturated carbocycles. The van der Waals surface area contributed by atoms with E-state index in [1.807, 2.05) is 0 Å². The summed E-state index contributed by atoms with van der Waals surface area (Å²) in [6.45, 7) is 8.45. The van der Waals surface area contributed by atoms with Crippen molar-refractivity contribution < 1.29 is 19.6 Å². The summed E-state index contributed by atoms with van der Waals surface area (Å²) in [6.07, 6.45) is 0.350. The number of non-ortho nitro benzene ring substituents is 1. The van der Waals surface area contributed by atoms with E-state index in [9.17, 15) is 20.0 Å². The van der Waals surface area contributed by atoms with Gasteiger partial charge < -0.3 is 9.84 Å². The van der Waals surface area contributed by atoms with E-state index in [-0.39, 0.29) is 11.4 Å². The normalized spacial score (nSPS) is 11.2. The lowest BCUT2D eigenvalue weighted by molar-refractivity contribution is -0.384. The van der Waals surface area contributed by atoms with E-state index in [2.05, 4.69) is 10.5 Å². The van der Waals surface area contributed by atoms with E-state index in [1.165, 1.54) is 19.1 Å². The molecule has 0 unspecified atom stereocenters. The molecule has 0 amide bonds. The number of benzene rings is 2. The van der Waals surface area contributed by atoms with Crippen LogP contribution < -0.4 is 10.2 Å². The number of nitrogens with zero attached hydrogens (tertiary/aromatic N) is 2. The van der Waals surface area contributed by atoms with Gasteiger partial charge in [-0.15, -0.1) is 0 Å². The van der Waals surface area contributed by atoms with Gasteiger partial charge in [-0.2, -0.15) is 5.10 Å². The van der Waals surface area contributed by atoms with Crippen molar-refractivity contribution in [1.29, 1.82) is 0 Å². The molecule has 0 aliphatic rings. The molecule has 28 heavy (non-hydrogen) atoms. The fraction of sp³-hybridized carbons (Fsp3) is 0.300. The van der Waals surface area contributed by atoms with Gasteiger partial charge in [0.25, 0.3) is 5.69 Å². The van der Waals surface area contributed by atoms with Gasteiger partial charge in [-0.25, -0.2) is 0 Å². The van der Waals surface area contributed by atoms with Gasteiger partial charge in [0.2, 0.25) is 0 Å². The maximum Gasteiger partial charge on any atom is 0.308 e. The molecule has 0 aliphatic heterocycles. The topological polar surface area (TPSA) is 114 Å². The lowest BCUT2D eigenvalue weighted by Gasteiger charge is -2.18. The Bertz CT molecular complexity index is 950. The van der Waals surface area contributed by atoms with Crippen LogP contribution in [0.25, 0.3) is 0 Å². The van der Waals surface area contributed by atoms with Crippen LogP contribution in [-0.2, 0) is 11.2 Å². The standard InChI is InChI=1S/C20H23N3O5/c1-11(21-22-16-6-8-17(9-7-16)23(26)27)10-18-14(4)19(25)12(2)13(3)20(18)28-15(5)24/h6-9,22,25H,10H2,1-5H3. The molecular formula is C20H23N3O5. The van der Waals surface area contributed by atoms with Crippen LogP contribution in [0, 0.1) is 30.9 Å². The zero-order valence-electron chi connectivity index (χ0n) is 16.5. The van der Waals surface area contributed by atoms with Crippen molar-refractivity contribution in [1.82, 2.24) is 0 Å². The molecule has 8 nitrogen and oxygen atoms in total. The lowest BCUT2D eigenvalue weighted by Crippen LogP contribution is -2.11. The largest absolute Gasteiger partial charge is 0.507 e. The number of anilines is 1. The minimum Gasteiger partial charge on any atom is -0.507 e. The zero-order chi connectivity index (χ0) is 21.0. The Balaban J connectivity index is 2.29. The molecule has 148 valence electrons. The first-order valence-corrected chi connectivity index (χ1v) is 8.65. The number of carbonyl (C=O) groups excluding carboxylic acids is 1. The SMILES string of the molecule is CC(=O)Oc1c(C)c(C)c(O)c(C)c1CC(C)=NNc1ccc([N+](=O)[O-])cc1. The number of esters is 1. The summed E-state index contributed by atoms with van der Waals surface area (Å²) in [5.41, 5.74) is 6.80. The van der Waals surface area contributed by atoms with Crippen LogP contribution in [0.5, 0.6) is 11.5 Å². The molecule has 0 fully saturated rings. The molecule has 0 bridgehead atoms. The predicted molar refractivity (Wildman–Crippen MR) is 107 cm³/mol. The second-order valence-corrected chi connectivity index (χ2v) is 6.56. The summed E-state index contributed by atoms with van der Waals surface area (Å²) < 4.78 is 5.40. The fourth-order valence-corrected chi connectivity index (χ4v) is 2.78. The Kier molecular flexibility index (Phi) is 6.35. The predicted octanol–water partition coefficient (Wildman–Crippen LogP) is 4.18. The molecule has 0 heterocycles. The van der Waals surface area contributed by atoms with Crippen molar-refractivity contribution in [2.45, 2.75) is 41.0 Å². The monoisotopic (exact) mass is 385 g/mol. The summed E-state index contributed by atoms with van der Waals surface area (Å²) in [5, 5.41) is 25.4. The van der Waals surface area contributed by atoms with E-state index in [0.29, 0.717) is 45.8 Å². The molecule has 0 saturated heterocycles. The average Bonchev–Trinajstić information content (AvgIpc) is 2.65. The molecule has 0 atom stereocenters. The number of nitro benzene ring substituents is 1. The van der Waals surface area contributed by atoms with Gasteiger partial charge in [0.15, 0.2) is 0 Å². The molecule has 2 aromatic rings. The quantitative estimate of drug-likeness (QED) is 0.253. The van der Waals surface area contributed by atoms with Gasteiger partial charge in [0, 0.05) is 36.8 Å². The molecule has 2 N–H and O–H groups in total. The molecule has 0 spiro atoms. The first kappa shape index (κ1) is 20.9. The molecule has 2 rings (SSSR count). The fourth-order valence-electron chi connectivity index (χ4n) is 2.78. The van der Waals surface area contributed by atoms with Crippen molar-refractivity contribution in [2.24, 2.45) is 5.10 Å². The molecule has 0 aromatic heterocycles. The summed E-state index contributed by atoms with van der Waals surface area (Å²) in [4.78, 5) is 21.8. The first-order chi connectivity index (χ1) is 13.1. The summed E-state index contributed by atoms with van der Waals surface area (Å²) >= 11 is 0. The Labute approximate surface area is 163 Å². The van der Waals surface area contributed by atoms with E-state index >= 15 is 0 Å². The number of phenolic OH excluding ortho intramolecular Hbond substituents is 1. The maximum atomic E-state index is 11.5. The number of rotatable bonds is 6. The number of hydrogen-bond donors (Lipinski definition) is 2. The van der Waals surface area contributed by atoms with Crippen molar-refractivity contribution in [3.05, 3.63) is 56.6 Å². The second-order valence-electron chi connectivity index (χ2n) is 6.56. The third-order valence-electron chi connectivity index (χ3n) is 4.47. The molecule has 0 radical (unpaired) electrons. The number of ether oxygens (including phenoxy) is 1. The number of hydrazone groups is 1. The highest BCUT2D eigenvalue weighted by Gasteiger charge is 2.20.